The molecule has 0 saturated heterocycles. The Morgan fingerprint density at radius 3 is 2.50 bits per heavy atom. The standard InChI is InChI=1S/C15H25N5/c1-9-4-3-5-12(9)8-17-13-10(2)14(20-16)19-15(18-13)11-6-7-11/h9,11-12H,3-8,16H2,1-2H3,(H2,17,18,19,20). The highest BCUT2D eigenvalue weighted by Gasteiger charge is 2.28. The fourth-order valence-electron chi connectivity index (χ4n) is 3.12. The van der Waals surface area contributed by atoms with Crippen LogP contribution >= 0.6 is 0 Å². The first-order valence-corrected chi connectivity index (χ1v) is 7.78. The third kappa shape index (κ3) is 2.73. The first-order valence-electron chi connectivity index (χ1n) is 7.78. The van der Waals surface area contributed by atoms with Gasteiger partial charge in [-0.2, -0.15) is 0 Å². The predicted molar refractivity (Wildman–Crippen MR) is 81.5 cm³/mol. The minimum Gasteiger partial charge on any atom is -0.369 e. The zero-order valence-electron chi connectivity index (χ0n) is 12.4. The van der Waals surface area contributed by atoms with Crippen molar-refractivity contribution in [3.63, 3.8) is 0 Å². The highest BCUT2D eigenvalue weighted by atomic mass is 15.3. The van der Waals surface area contributed by atoms with Crippen LogP contribution in [0.4, 0.5) is 11.6 Å². The van der Waals surface area contributed by atoms with Crippen LogP contribution in [-0.4, -0.2) is 16.5 Å². The number of nitrogens with two attached hydrogens (primary N) is 1. The molecule has 1 heterocycles. The molecule has 0 radical (unpaired) electrons. The summed E-state index contributed by atoms with van der Waals surface area (Å²) in [6.45, 7) is 5.38. The number of nitrogens with one attached hydrogen (secondary N) is 2. The lowest BCUT2D eigenvalue weighted by Gasteiger charge is -2.18. The molecule has 20 heavy (non-hydrogen) atoms. The topological polar surface area (TPSA) is 75.9 Å². The maximum absolute atomic E-state index is 5.58. The van der Waals surface area contributed by atoms with Crippen molar-refractivity contribution in [3.8, 4) is 0 Å². The smallest absolute Gasteiger partial charge is 0.148 e. The van der Waals surface area contributed by atoms with Gasteiger partial charge in [-0.15, -0.1) is 0 Å². The van der Waals surface area contributed by atoms with Gasteiger partial charge in [0.25, 0.3) is 0 Å². The molecular weight excluding hydrogens is 250 g/mol. The van der Waals surface area contributed by atoms with Gasteiger partial charge in [0.05, 0.1) is 0 Å². The third-order valence-corrected chi connectivity index (χ3v) is 4.81. The van der Waals surface area contributed by atoms with Crippen LogP contribution < -0.4 is 16.6 Å². The fraction of sp³-hybridized carbons (Fsp3) is 0.733. The molecule has 2 aliphatic carbocycles. The molecule has 2 fully saturated rings. The molecule has 5 nitrogen and oxygen atoms in total. The van der Waals surface area contributed by atoms with Crippen molar-refractivity contribution in [3.05, 3.63) is 11.4 Å². The van der Waals surface area contributed by atoms with E-state index < -0.39 is 0 Å². The molecule has 0 aromatic carbocycles. The van der Waals surface area contributed by atoms with Gasteiger partial charge < -0.3 is 10.7 Å². The first-order chi connectivity index (χ1) is 9.69. The normalized spacial score (nSPS) is 25.8. The number of rotatable bonds is 5. The van der Waals surface area contributed by atoms with Crippen LogP contribution in [0, 0.1) is 18.8 Å². The van der Waals surface area contributed by atoms with Crippen molar-refractivity contribution in [2.45, 2.75) is 51.9 Å². The van der Waals surface area contributed by atoms with Crippen molar-refractivity contribution in [2.24, 2.45) is 17.7 Å². The Bertz CT molecular complexity index is 483. The van der Waals surface area contributed by atoms with E-state index >= 15 is 0 Å². The molecule has 0 bridgehead atoms. The van der Waals surface area contributed by atoms with Crippen molar-refractivity contribution in [1.29, 1.82) is 0 Å². The van der Waals surface area contributed by atoms with Crippen LogP contribution in [-0.2, 0) is 0 Å². The van der Waals surface area contributed by atoms with Gasteiger partial charge in [-0.25, -0.2) is 15.8 Å². The van der Waals surface area contributed by atoms with Crippen LogP contribution in [0.1, 0.15) is 56.3 Å². The maximum Gasteiger partial charge on any atom is 0.148 e. The fourth-order valence-corrected chi connectivity index (χ4v) is 3.12. The van der Waals surface area contributed by atoms with Gasteiger partial charge in [0.15, 0.2) is 0 Å². The summed E-state index contributed by atoms with van der Waals surface area (Å²) >= 11 is 0. The lowest BCUT2D eigenvalue weighted by atomic mass is 9.98. The zero-order chi connectivity index (χ0) is 14.1. The molecule has 4 N–H and O–H groups in total. The molecular formula is C15H25N5. The van der Waals surface area contributed by atoms with Gasteiger partial charge in [-0.1, -0.05) is 19.8 Å². The van der Waals surface area contributed by atoms with E-state index in [2.05, 4.69) is 22.7 Å². The third-order valence-electron chi connectivity index (χ3n) is 4.81. The van der Waals surface area contributed by atoms with Crippen molar-refractivity contribution in [2.75, 3.05) is 17.3 Å². The van der Waals surface area contributed by atoms with E-state index in [1.807, 2.05) is 6.92 Å². The number of hydrogen-bond donors (Lipinski definition) is 3. The number of hydrogen-bond acceptors (Lipinski definition) is 5. The average Bonchev–Trinajstić information content (AvgIpc) is 3.21. The Morgan fingerprint density at radius 2 is 1.90 bits per heavy atom. The summed E-state index contributed by atoms with van der Waals surface area (Å²) in [7, 11) is 0. The van der Waals surface area contributed by atoms with Gasteiger partial charge in [0.1, 0.15) is 17.5 Å². The Labute approximate surface area is 120 Å². The van der Waals surface area contributed by atoms with Crippen molar-refractivity contribution >= 4 is 11.6 Å². The van der Waals surface area contributed by atoms with Gasteiger partial charge in [0.2, 0.25) is 0 Å². The first kappa shape index (κ1) is 13.6. The van der Waals surface area contributed by atoms with Crippen molar-refractivity contribution in [1.82, 2.24) is 9.97 Å². The van der Waals surface area contributed by atoms with E-state index in [1.165, 1.54) is 32.1 Å². The Hall–Kier alpha value is -1.36. The second-order valence-corrected chi connectivity index (χ2v) is 6.37. The lowest BCUT2D eigenvalue weighted by molar-refractivity contribution is 0.439. The highest BCUT2D eigenvalue weighted by molar-refractivity contribution is 5.57. The Kier molecular flexibility index (Phi) is 3.78. The molecule has 2 aliphatic rings. The maximum atomic E-state index is 5.58. The number of nitrogens with zero attached hydrogens (tertiary/aromatic N) is 2. The molecule has 1 aromatic rings. The molecule has 2 saturated carbocycles. The second-order valence-electron chi connectivity index (χ2n) is 6.37. The summed E-state index contributed by atoms with van der Waals surface area (Å²) in [5.41, 5.74) is 3.72. The van der Waals surface area contributed by atoms with Gasteiger partial charge >= 0.3 is 0 Å². The second kappa shape index (κ2) is 5.56. The number of hydrazine groups is 1. The molecule has 2 unspecified atom stereocenters. The zero-order valence-corrected chi connectivity index (χ0v) is 12.4. The van der Waals surface area contributed by atoms with Crippen LogP contribution in [0.25, 0.3) is 0 Å². The van der Waals surface area contributed by atoms with E-state index in [1.54, 1.807) is 0 Å². The molecule has 0 aliphatic heterocycles. The van der Waals surface area contributed by atoms with E-state index in [0.29, 0.717) is 5.92 Å². The minimum absolute atomic E-state index is 0.536. The van der Waals surface area contributed by atoms with Gasteiger partial charge in [-0.05, 0) is 38.0 Å². The quantitative estimate of drug-likeness (QED) is 0.569. The summed E-state index contributed by atoms with van der Waals surface area (Å²) in [6.07, 6.45) is 6.45. The predicted octanol–water partition coefficient (Wildman–Crippen LogP) is 2.80. The molecule has 1 aromatic heterocycles. The lowest BCUT2D eigenvalue weighted by Crippen LogP contribution is -2.19. The highest BCUT2D eigenvalue weighted by Crippen LogP contribution is 2.39. The van der Waals surface area contributed by atoms with Crippen LogP contribution in [0.15, 0.2) is 0 Å². The molecule has 0 spiro atoms. The molecule has 2 atom stereocenters. The van der Waals surface area contributed by atoms with E-state index in [4.69, 9.17) is 10.8 Å². The Morgan fingerprint density at radius 1 is 1.15 bits per heavy atom. The summed E-state index contributed by atoms with van der Waals surface area (Å²) in [5, 5.41) is 3.54. The average molecular weight is 275 g/mol. The van der Waals surface area contributed by atoms with E-state index in [9.17, 15) is 0 Å². The van der Waals surface area contributed by atoms with Crippen LogP contribution in [0.5, 0.6) is 0 Å². The molecule has 3 rings (SSSR count). The van der Waals surface area contributed by atoms with Crippen LogP contribution in [0.2, 0.25) is 0 Å². The minimum atomic E-state index is 0.536. The summed E-state index contributed by atoms with van der Waals surface area (Å²) < 4.78 is 0. The van der Waals surface area contributed by atoms with E-state index in [0.717, 1.165) is 41.4 Å². The Balaban J connectivity index is 1.75. The summed E-state index contributed by atoms with van der Waals surface area (Å²) in [5.74, 6) is 10.3. The summed E-state index contributed by atoms with van der Waals surface area (Å²) in [4.78, 5) is 9.23. The van der Waals surface area contributed by atoms with Crippen molar-refractivity contribution < 1.29 is 0 Å². The number of aromatic nitrogens is 2. The van der Waals surface area contributed by atoms with E-state index in [-0.39, 0.29) is 0 Å². The largest absolute Gasteiger partial charge is 0.369 e. The van der Waals surface area contributed by atoms with Gasteiger partial charge in [-0.3, -0.25) is 0 Å². The van der Waals surface area contributed by atoms with Gasteiger partial charge in [0, 0.05) is 18.0 Å². The monoisotopic (exact) mass is 275 g/mol. The molecule has 5 heteroatoms. The number of anilines is 2. The number of nitrogen functional groups attached to an aromatic ring is 1. The molecule has 0 amide bonds. The van der Waals surface area contributed by atoms with Crippen LogP contribution in [0.3, 0.4) is 0 Å². The molecule has 110 valence electrons. The summed E-state index contributed by atoms with van der Waals surface area (Å²) in [6, 6.07) is 0. The SMILES string of the molecule is Cc1c(NN)nc(C2CC2)nc1NCC1CCCC1C.